The van der Waals surface area contributed by atoms with E-state index in [0.717, 1.165) is 5.56 Å². The van der Waals surface area contributed by atoms with E-state index in [1.54, 1.807) is 43.3 Å². The predicted molar refractivity (Wildman–Crippen MR) is 120 cm³/mol. The molecule has 0 unspecified atom stereocenters. The van der Waals surface area contributed by atoms with Crippen LogP contribution in [0.2, 0.25) is 0 Å². The van der Waals surface area contributed by atoms with E-state index in [4.69, 9.17) is 24.1 Å². The van der Waals surface area contributed by atoms with E-state index >= 15 is 0 Å². The Morgan fingerprint density at radius 2 is 1.91 bits per heavy atom. The number of nitrogens with zero attached hydrogens (tertiary/aromatic N) is 1. The van der Waals surface area contributed by atoms with E-state index in [9.17, 15) is 9.18 Å². The standard InChI is InChI=1S/C25H26FNO6/c1-4-31-14-24(33-18-9-11-22(16(2)12-18)32-15-25(28)29)21-7-5-6-20(27-21)17-8-10-23(30-3)19(26)13-17/h5-13,24H,4,14-15H2,1-3H3,(H,28,29)/t24-/m0/s1. The van der Waals surface area contributed by atoms with Gasteiger partial charge in [0.1, 0.15) is 11.5 Å². The Morgan fingerprint density at radius 3 is 2.58 bits per heavy atom. The lowest BCUT2D eigenvalue weighted by Gasteiger charge is -2.20. The van der Waals surface area contributed by atoms with Gasteiger partial charge in [-0.1, -0.05) is 6.07 Å². The van der Waals surface area contributed by atoms with E-state index in [-0.39, 0.29) is 12.4 Å². The van der Waals surface area contributed by atoms with Gasteiger partial charge in [0, 0.05) is 12.2 Å². The van der Waals surface area contributed by atoms with Crippen LogP contribution in [0.15, 0.2) is 54.6 Å². The Bertz CT molecular complexity index is 1100. The highest BCUT2D eigenvalue weighted by Gasteiger charge is 2.18. The first-order valence-corrected chi connectivity index (χ1v) is 10.4. The highest BCUT2D eigenvalue weighted by Crippen LogP contribution is 2.29. The van der Waals surface area contributed by atoms with Crippen molar-refractivity contribution in [1.82, 2.24) is 4.98 Å². The third kappa shape index (κ3) is 6.43. The van der Waals surface area contributed by atoms with Gasteiger partial charge in [0.15, 0.2) is 24.3 Å². The lowest BCUT2D eigenvalue weighted by molar-refractivity contribution is -0.139. The van der Waals surface area contributed by atoms with Crippen molar-refractivity contribution in [2.24, 2.45) is 0 Å². The molecule has 0 radical (unpaired) electrons. The smallest absolute Gasteiger partial charge is 0.341 e. The van der Waals surface area contributed by atoms with Crippen molar-refractivity contribution in [3.63, 3.8) is 0 Å². The third-order valence-electron chi connectivity index (χ3n) is 4.80. The van der Waals surface area contributed by atoms with Crippen molar-refractivity contribution in [2.45, 2.75) is 20.0 Å². The zero-order valence-corrected chi connectivity index (χ0v) is 18.7. The van der Waals surface area contributed by atoms with E-state index in [1.165, 1.54) is 13.2 Å². The molecule has 7 nitrogen and oxygen atoms in total. The van der Waals surface area contributed by atoms with E-state index < -0.39 is 24.5 Å². The van der Waals surface area contributed by atoms with Crippen LogP contribution in [0.3, 0.4) is 0 Å². The molecule has 0 spiro atoms. The molecule has 1 atom stereocenters. The number of pyridine rings is 1. The van der Waals surface area contributed by atoms with Gasteiger partial charge in [0.05, 0.1) is 25.1 Å². The molecule has 1 heterocycles. The monoisotopic (exact) mass is 455 g/mol. The van der Waals surface area contributed by atoms with E-state index in [2.05, 4.69) is 4.98 Å². The number of carboxylic acids is 1. The Hall–Kier alpha value is -3.65. The second kappa shape index (κ2) is 11.3. The van der Waals surface area contributed by atoms with Crippen LogP contribution in [0.1, 0.15) is 24.3 Å². The van der Waals surface area contributed by atoms with Crippen molar-refractivity contribution < 1.29 is 33.2 Å². The zero-order chi connectivity index (χ0) is 23.8. The SMILES string of the molecule is CCOC[C@H](Oc1ccc(OCC(=O)O)c(C)c1)c1cccc(-c2ccc(OC)c(F)c2)n1. The molecule has 0 aliphatic rings. The molecule has 8 heteroatoms. The molecule has 3 rings (SSSR count). The van der Waals surface area contributed by atoms with Crippen molar-refractivity contribution in [3.8, 4) is 28.5 Å². The Kier molecular flexibility index (Phi) is 8.21. The summed E-state index contributed by atoms with van der Waals surface area (Å²) >= 11 is 0. The van der Waals surface area contributed by atoms with Crippen LogP contribution in [0.25, 0.3) is 11.3 Å². The summed E-state index contributed by atoms with van der Waals surface area (Å²) in [5.41, 5.74) is 2.56. The molecule has 0 saturated carbocycles. The molecule has 1 N–H and O–H groups in total. The lowest BCUT2D eigenvalue weighted by atomic mass is 10.1. The molecule has 0 bridgehead atoms. The van der Waals surface area contributed by atoms with Gasteiger partial charge < -0.3 is 24.1 Å². The minimum absolute atomic E-state index is 0.165. The number of hydrogen-bond donors (Lipinski definition) is 1. The first-order valence-electron chi connectivity index (χ1n) is 10.4. The van der Waals surface area contributed by atoms with Crippen LogP contribution in [-0.4, -0.2) is 43.0 Å². The molecule has 0 aliphatic heterocycles. The first-order chi connectivity index (χ1) is 15.9. The lowest BCUT2D eigenvalue weighted by Crippen LogP contribution is -2.16. The fourth-order valence-electron chi connectivity index (χ4n) is 3.18. The molecule has 2 aromatic carbocycles. The van der Waals surface area contributed by atoms with Crippen LogP contribution in [-0.2, 0) is 9.53 Å². The minimum atomic E-state index is -1.05. The summed E-state index contributed by atoms with van der Waals surface area (Å²) in [7, 11) is 1.42. The molecule has 174 valence electrons. The number of benzene rings is 2. The van der Waals surface area contributed by atoms with Gasteiger partial charge in [-0.05, 0) is 67.9 Å². The topological polar surface area (TPSA) is 87.1 Å². The fraction of sp³-hybridized carbons (Fsp3) is 0.280. The van der Waals surface area contributed by atoms with Crippen molar-refractivity contribution in [2.75, 3.05) is 26.9 Å². The number of halogens is 1. The van der Waals surface area contributed by atoms with Crippen LogP contribution < -0.4 is 14.2 Å². The largest absolute Gasteiger partial charge is 0.494 e. The molecular formula is C25H26FNO6. The number of rotatable bonds is 11. The van der Waals surface area contributed by atoms with E-state index in [1.807, 2.05) is 19.1 Å². The molecule has 1 aromatic heterocycles. The first kappa shape index (κ1) is 24.0. The molecule has 0 fully saturated rings. The Labute approximate surface area is 191 Å². The summed E-state index contributed by atoms with van der Waals surface area (Å²) in [6.45, 7) is 4.04. The molecule has 0 saturated heterocycles. The summed E-state index contributed by atoms with van der Waals surface area (Å²) in [6, 6.07) is 15.2. The van der Waals surface area contributed by atoms with Gasteiger partial charge in [-0.25, -0.2) is 14.2 Å². The number of hydrogen-bond acceptors (Lipinski definition) is 6. The average Bonchev–Trinajstić information content (AvgIpc) is 2.81. The van der Waals surface area contributed by atoms with Crippen LogP contribution in [0, 0.1) is 12.7 Å². The highest BCUT2D eigenvalue weighted by molar-refractivity contribution is 5.68. The number of aliphatic carboxylic acids is 1. The van der Waals surface area contributed by atoms with Gasteiger partial charge in [-0.2, -0.15) is 0 Å². The second-order valence-corrected chi connectivity index (χ2v) is 7.17. The van der Waals surface area contributed by atoms with Crippen molar-refractivity contribution >= 4 is 5.97 Å². The maximum atomic E-state index is 14.2. The summed E-state index contributed by atoms with van der Waals surface area (Å²) in [5, 5.41) is 8.80. The van der Waals surface area contributed by atoms with Crippen molar-refractivity contribution in [3.05, 3.63) is 71.7 Å². The van der Waals surface area contributed by atoms with Gasteiger partial charge in [0.25, 0.3) is 0 Å². The number of aryl methyl sites for hydroxylation is 1. The normalized spacial score (nSPS) is 11.6. The molecular weight excluding hydrogens is 429 g/mol. The Balaban J connectivity index is 1.84. The number of ether oxygens (including phenoxy) is 4. The van der Waals surface area contributed by atoms with Crippen LogP contribution in [0.5, 0.6) is 17.2 Å². The van der Waals surface area contributed by atoms with Gasteiger partial charge >= 0.3 is 5.97 Å². The predicted octanol–water partition coefficient (Wildman–Crippen LogP) is 4.82. The summed E-state index contributed by atoms with van der Waals surface area (Å²) in [4.78, 5) is 15.4. The summed E-state index contributed by atoms with van der Waals surface area (Å²) < 4.78 is 36.2. The van der Waals surface area contributed by atoms with Gasteiger partial charge in [-0.15, -0.1) is 0 Å². The number of carboxylic acid groups (broad SMARTS) is 1. The maximum absolute atomic E-state index is 14.2. The van der Waals surface area contributed by atoms with Crippen LogP contribution in [0.4, 0.5) is 4.39 Å². The zero-order valence-electron chi connectivity index (χ0n) is 18.7. The van der Waals surface area contributed by atoms with E-state index in [0.29, 0.717) is 35.1 Å². The summed E-state index contributed by atoms with van der Waals surface area (Å²) in [5.74, 6) is -0.326. The quantitative estimate of drug-likeness (QED) is 0.443. The maximum Gasteiger partial charge on any atom is 0.341 e. The average molecular weight is 455 g/mol. The third-order valence-corrected chi connectivity index (χ3v) is 4.80. The molecule has 0 amide bonds. The van der Waals surface area contributed by atoms with Gasteiger partial charge in [-0.3, -0.25) is 0 Å². The number of aromatic nitrogens is 1. The minimum Gasteiger partial charge on any atom is -0.494 e. The molecule has 0 aliphatic carbocycles. The Morgan fingerprint density at radius 1 is 1.12 bits per heavy atom. The number of carbonyl (C=O) groups is 1. The van der Waals surface area contributed by atoms with Crippen LogP contribution >= 0.6 is 0 Å². The molecule has 3 aromatic rings. The summed E-state index contributed by atoms with van der Waals surface area (Å²) in [6.07, 6.45) is -0.516. The van der Waals surface area contributed by atoms with Crippen molar-refractivity contribution in [1.29, 1.82) is 0 Å². The fourth-order valence-corrected chi connectivity index (χ4v) is 3.18. The molecule has 33 heavy (non-hydrogen) atoms. The second-order valence-electron chi connectivity index (χ2n) is 7.17. The number of methoxy groups -OCH3 is 1. The highest BCUT2D eigenvalue weighted by atomic mass is 19.1. The van der Waals surface area contributed by atoms with Gasteiger partial charge in [0.2, 0.25) is 0 Å².